The molecule has 0 saturated carbocycles. The summed E-state index contributed by atoms with van der Waals surface area (Å²) >= 11 is 3.19. The molecular formula is C13H11BrN2O3. The molecule has 98 valence electrons. The maximum absolute atomic E-state index is 11.4. The molecule has 0 aliphatic rings. The average molecular weight is 323 g/mol. The Morgan fingerprint density at radius 1 is 1.42 bits per heavy atom. The van der Waals surface area contributed by atoms with Crippen molar-refractivity contribution in [2.75, 3.05) is 7.11 Å². The van der Waals surface area contributed by atoms with E-state index in [0.29, 0.717) is 27.2 Å². The first-order valence-electron chi connectivity index (χ1n) is 5.43. The van der Waals surface area contributed by atoms with Crippen LogP contribution in [0, 0.1) is 6.92 Å². The zero-order valence-electron chi connectivity index (χ0n) is 10.3. The van der Waals surface area contributed by atoms with Gasteiger partial charge in [0.05, 0.1) is 13.3 Å². The van der Waals surface area contributed by atoms with E-state index in [1.165, 1.54) is 7.11 Å². The molecule has 2 aromatic heterocycles. The molecule has 0 atom stereocenters. The van der Waals surface area contributed by atoms with E-state index in [1.807, 2.05) is 0 Å². The van der Waals surface area contributed by atoms with Gasteiger partial charge in [0, 0.05) is 23.0 Å². The van der Waals surface area contributed by atoms with Crippen molar-refractivity contribution in [2.24, 2.45) is 0 Å². The Labute approximate surface area is 118 Å². The van der Waals surface area contributed by atoms with Gasteiger partial charge >= 0.3 is 5.97 Å². The highest BCUT2D eigenvalue weighted by Gasteiger charge is 2.19. The summed E-state index contributed by atoms with van der Waals surface area (Å²) in [6.45, 7) is 1.80. The van der Waals surface area contributed by atoms with Crippen molar-refractivity contribution in [1.29, 1.82) is 0 Å². The topological polar surface area (TPSA) is 72.3 Å². The van der Waals surface area contributed by atoms with E-state index in [2.05, 4.69) is 25.9 Å². The largest absolute Gasteiger partial charge is 0.494 e. The molecule has 0 unspecified atom stereocenters. The van der Waals surface area contributed by atoms with Gasteiger partial charge in [-0.3, -0.25) is 4.98 Å². The number of carboxylic acids is 1. The monoisotopic (exact) mass is 322 g/mol. The fourth-order valence-electron chi connectivity index (χ4n) is 1.82. The smallest absolute Gasteiger partial charge is 0.339 e. The van der Waals surface area contributed by atoms with E-state index in [1.54, 1.807) is 31.5 Å². The molecule has 5 nitrogen and oxygen atoms in total. The van der Waals surface area contributed by atoms with Crippen LogP contribution in [0.15, 0.2) is 29.1 Å². The molecule has 0 radical (unpaired) electrons. The van der Waals surface area contributed by atoms with Crippen molar-refractivity contribution in [3.63, 3.8) is 0 Å². The van der Waals surface area contributed by atoms with Crippen LogP contribution in [0.3, 0.4) is 0 Å². The predicted octanol–water partition coefficient (Wildman–Crippen LogP) is 2.92. The molecule has 0 spiro atoms. The second-order valence-electron chi connectivity index (χ2n) is 3.86. The summed E-state index contributed by atoms with van der Waals surface area (Å²) in [6, 6.07) is 3.43. The third kappa shape index (κ3) is 2.58. The Balaban J connectivity index is 2.77. The second kappa shape index (κ2) is 5.36. The van der Waals surface area contributed by atoms with E-state index in [-0.39, 0.29) is 5.56 Å². The summed E-state index contributed by atoms with van der Waals surface area (Å²) in [4.78, 5) is 19.5. The molecule has 0 amide bonds. The lowest BCUT2D eigenvalue weighted by Gasteiger charge is -2.12. The number of aromatic carboxylic acids is 1. The molecule has 6 heteroatoms. The van der Waals surface area contributed by atoms with Crippen molar-refractivity contribution < 1.29 is 14.6 Å². The summed E-state index contributed by atoms with van der Waals surface area (Å²) in [5.74, 6) is -0.532. The van der Waals surface area contributed by atoms with Crippen LogP contribution in [0.2, 0.25) is 0 Å². The van der Waals surface area contributed by atoms with Crippen LogP contribution in [-0.4, -0.2) is 28.2 Å². The summed E-state index contributed by atoms with van der Waals surface area (Å²) in [7, 11) is 1.52. The zero-order chi connectivity index (χ0) is 14.0. The third-order valence-corrected chi connectivity index (χ3v) is 3.19. The first kappa shape index (κ1) is 13.5. The zero-order valence-corrected chi connectivity index (χ0v) is 11.9. The summed E-state index contributed by atoms with van der Waals surface area (Å²) in [6.07, 6.45) is 3.14. The molecule has 19 heavy (non-hydrogen) atoms. The van der Waals surface area contributed by atoms with Crippen molar-refractivity contribution in [2.45, 2.75) is 6.92 Å². The highest BCUT2D eigenvalue weighted by atomic mass is 79.9. The van der Waals surface area contributed by atoms with Gasteiger partial charge < -0.3 is 9.84 Å². The van der Waals surface area contributed by atoms with Crippen LogP contribution in [0.4, 0.5) is 0 Å². The number of carboxylic acid groups (broad SMARTS) is 1. The normalized spacial score (nSPS) is 10.3. The van der Waals surface area contributed by atoms with Crippen LogP contribution in [0.25, 0.3) is 11.1 Å². The van der Waals surface area contributed by atoms with E-state index >= 15 is 0 Å². The number of halogens is 1. The number of aryl methyl sites for hydroxylation is 1. The third-order valence-electron chi connectivity index (χ3n) is 2.61. The first-order valence-corrected chi connectivity index (χ1v) is 6.22. The minimum absolute atomic E-state index is 0.107. The molecule has 0 aliphatic heterocycles. The van der Waals surface area contributed by atoms with Gasteiger partial charge in [0.15, 0.2) is 0 Å². The van der Waals surface area contributed by atoms with Crippen molar-refractivity contribution in [1.82, 2.24) is 9.97 Å². The number of nitrogens with zero attached hydrogens (tertiary/aromatic N) is 2. The molecule has 2 aromatic rings. The molecule has 0 saturated heterocycles. The Morgan fingerprint density at radius 3 is 2.79 bits per heavy atom. The maximum atomic E-state index is 11.4. The van der Waals surface area contributed by atoms with E-state index in [9.17, 15) is 9.90 Å². The number of carbonyl (C=O) groups is 1. The SMILES string of the molecule is COc1cnccc1-c1cc(C)nc(Br)c1C(=O)O. The van der Waals surface area contributed by atoms with E-state index in [4.69, 9.17) is 4.74 Å². The van der Waals surface area contributed by atoms with Gasteiger partial charge in [-0.1, -0.05) is 0 Å². The molecule has 0 aromatic carbocycles. The van der Waals surface area contributed by atoms with E-state index in [0.717, 1.165) is 0 Å². The minimum atomic E-state index is -1.05. The molecule has 0 fully saturated rings. The van der Waals surface area contributed by atoms with Crippen molar-refractivity contribution in [3.8, 4) is 16.9 Å². The van der Waals surface area contributed by atoms with Gasteiger partial charge in [0.25, 0.3) is 0 Å². The van der Waals surface area contributed by atoms with Gasteiger partial charge in [-0.15, -0.1) is 0 Å². The first-order chi connectivity index (χ1) is 9.04. The van der Waals surface area contributed by atoms with Crippen molar-refractivity contribution in [3.05, 3.63) is 40.4 Å². The van der Waals surface area contributed by atoms with Crippen LogP contribution in [0.1, 0.15) is 16.1 Å². The van der Waals surface area contributed by atoms with Crippen LogP contribution >= 0.6 is 15.9 Å². The van der Waals surface area contributed by atoms with Crippen LogP contribution < -0.4 is 4.74 Å². The molecule has 0 bridgehead atoms. The van der Waals surface area contributed by atoms with Gasteiger partial charge in [0.1, 0.15) is 15.9 Å². The number of hydrogen-bond donors (Lipinski definition) is 1. The molecule has 1 N–H and O–H groups in total. The summed E-state index contributed by atoms with van der Waals surface area (Å²) in [5, 5.41) is 9.34. The maximum Gasteiger partial charge on any atom is 0.339 e. The lowest BCUT2D eigenvalue weighted by atomic mass is 10.0. The van der Waals surface area contributed by atoms with Gasteiger partial charge in [-0.05, 0) is 35.0 Å². The Kier molecular flexibility index (Phi) is 3.80. The number of ether oxygens (including phenoxy) is 1. The van der Waals surface area contributed by atoms with Crippen LogP contribution in [-0.2, 0) is 0 Å². The van der Waals surface area contributed by atoms with Crippen LogP contribution in [0.5, 0.6) is 5.75 Å². The second-order valence-corrected chi connectivity index (χ2v) is 4.61. The highest BCUT2D eigenvalue weighted by molar-refractivity contribution is 9.10. The fourth-order valence-corrected chi connectivity index (χ4v) is 2.48. The number of methoxy groups -OCH3 is 1. The lowest BCUT2D eigenvalue weighted by Crippen LogP contribution is -2.04. The highest BCUT2D eigenvalue weighted by Crippen LogP contribution is 2.34. The molecular weight excluding hydrogens is 312 g/mol. The van der Waals surface area contributed by atoms with Gasteiger partial charge in [0.2, 0.25) is 0 Å². The Hall–Kier alpha value is -1.95. The molecule has 0 aliphatic carbocycles. The Morgan fingerprint density at radius 2 is 2.16 bits per heavy atom. The lowest BCUT2D eigenvalue weighted by molar-refractivity contribution is 0.0696. The fraction of sp³-hybridized carbons (Fsp3) is 0.154. The van der Waals surface area contributed by atoms with Crippen molar-refractivity contribution >= 4 is 21.9 Å². The number of hydrogen-bond acceptors (Lipinski definition) is 4. The number of rotatable bonds is 3. The van der Waals surface area contributed by atoms with Gasteiger partial charge in [-0.25, -0.2) is 9.78 Å². The number of pyridine rings is 2. The number of aromatic nitrogens is 2. The molecule has 2 heterocycles. The molecule has 2 rings (SSSR count). The predicted molar refractivity (Wildman–Crippen MR) is 73.4 cm³/mol. The van der Waals surface area contributed by atoms with Gasteiger partial charge in [-0.2, -0.15) is 0 Å². The summed E-state index contributed by atoms with van der Waals surface area (Å²) in [5.41, 5.74) is 2.04. The Bertz CT molecular complexity index is 644. The average Bonchev–Trinajstić information content (AvgIpc) is 2.37. The quantitative estimate of drug-likeness (QED) is 0.879. The standard InChI is InChI=1S/C13H11BrN2O3/c1-7-5-9(11(13(17)18)12(14)16-7)8-3-4-15-6-10(8)19-2/h3-6H,1-2H3,(H,17,18). The summed E-state index contributed by atoms with van der Waals surface area (Å²) < 4.78 is 5.52. The minimum Gasteiger partial charge on any atom is -0.494 e. The van der Waals surface area contributed by atoms with E-state index < -0.39 is 5.97 Å².